The van der Waals surface area contributed by atoms with Gasteiger partial charge in [0.1, 0.15) is 5.52 Å². The molecule has 3 heterocycles. The highest BCUT2D eigenvalue weighted by molar-refractivity contribution is 7.98. The average molecular weight is 325 g/mol. The molecule has 3 aromatic rings. The molecule has 6 heteroatoms. The molecule has 0 fully saturated rings. The van der Waals surface area contributed by atoms with E-state index in [9.17, 15) is 4.79 Å². The summed E-state index contributed by atoms with van der Waals surface area (Å²) < 4.78 is 7.38. The maximum absolute atomic E-state index is 13.0. The first-order chi connectivity index (χ1) is 11.3. The molecular weight excluding hydrogens is 310 g/mol. The maximum Gasteiger partial charge on any atom is 0.263 e. The number of hydrogen-bond donors (Lipinski definition) is 0. The molecule has 0 radical (unpaired) electrons. The molecule has 0 saturated heterocycles. The van der Waals surface area contributed by atoms with Crippen molar-refractivity contribution < 1.29 is 4.74 Å². The van der Waals surface area contributed by atoms with E-state index in [-0.39, 0.29) is 5.56 Å². The van der Waals surface area contributed by atoms with Crippen LogP contribution in [0.3, 0.4) is 0 Å². The second kappa shape index (κ2) is 5.70. The molecule has 1 aromatic carbocycles. The Morgan fingerprint density at radius 2 is 2.13 bits per heavy atom. The van der Waals surface area contributed by atoms with Crippen LogP contribution in [0.4, 0.5) is 0 Å². The molecule has 1 aliphatic heterocycles. The molecule has 23 heavy (non-hydrogen) atoms. The summed E-state index contributed by atoms with van der Waals surface area (Å²) in [7, 11) is 0. The molecule has 0 atom stereocenters. The Bertz CT molecular complexity index is 952. The number of hydrogen-bond acceptors (Lipinski definition) is 5. The van der Waals surface area contributed by atoms with Crippen molar-refractivity contribution in [3.05, 3.63) is 52.6 Å². The number of thioether (sulfide) groups is 1. The molecule has 116 valence electrons. The van der Waals surface area contributed by atoms with E-state index in [1.807, 2.05) is 30.5 Å². The van der Waals surface area contributed by atoms with Crippen LogP contribution in [0.1, 0.15) is 12.0 Å². The predicted molar refractivity (Wildman–Crippen MR) is 90.7 cm³/mol. The van der Waals surface area contributed by atoms with Crippen molar-refractivity contribution in [3.63, 3.8) is 0 Å². The smallest absolute Gasteiger partial charge is 0.263 e. The van der Waals surface area contributed by atoms with Crippen molar-refractivity contribution in [3.8, 4) is 11.4 Å². The summed E-state index contributed by atoms with van der Waals surface area (Å²) in [5.74, 6) is 0.599. The highest BCUT2D eigenvalue weighted by atomic mass is 32.2. The lowest BCUT2D eigenvalue weighted by atomic mass is 10.1. The van der Waals surface area contributed by atoms with Gasteiger partial charge in [-0.1, -0.05) is 6.07 Å². The van der Waals surface area contributed by atoms with Gasteiger partial charge in [0.25, 0.3) is 5.56 Å². The highest BCUT2D eigenvalue weighted by Gasteiger charge is 2.23. The van der Waals surface area contributed by atoms with E-state index in [1.54, 1.807) is 28.7 Å². The number of ether oxygens (including phenoxy) is 1. The lowest BCUT2D eigenvalue weighted by molar-refractivity contribution is 0.290. The Morgan fingerprint density at radius 1 is 1.26 bits per heavy atom. The lowest BCUT2D eigenvalue weighted by Crippen LogP contribution is -2.27. The molecule has 0 bridgehead atoms. The first-order valence-electron chi connectivity index (χ1n) is 7.45. The quantitative estimate of drug-likeness (QED) is 0.678. The van der Waals surface area contributed by atoms with Gasteiger partial charge >= 0.3 is 0 Å². The van der Waals surface area contributed by atoms with Gasteiger partial charge in [0.2, 0.25) is 0 Å². The van der Waals surface area contributed by atoms with Crippen molar-refractivity contribution in [1.29, 1.82) is 0 Å². The number of fused-ring (bicyclic) bond motifs is 3. The Balaban J connectivity index is 2.10. The molecule has 4 rings (SSSR count). The van der Waals surface area contributed by atoms with Crippen LogP contribution in [0.25, 0.3) is 16.9 Å². The number of aromatic nitrogens is 3. The Hall–Kier alpha value is -2.34. The largest absolute Gasteiger partial charge is 0.491 e. The fourth-order valence-corrected chi connectivity index (χ4v) is 3.37. The zero-order valence-electron chi connectivity index (χ0n) is 12.7. The van der Waals surface area contributed by atoms with Gasteiger partial charge in [-0.25, -0.2) is 9.97 Å². The standard InChI is InChI=1S/C17H15N3O2S/c1-23-12-5-2-4-11(10-12)20-16-14(18-7-8-19-16)15-13(17(20)21)6-3-9-22-15/h2,4-5,7-8,10H,3,6,9H2,1H3. The summed E-state index contributed by atoms with van der Waals surface area (Å²) >= 11 is 1.64. The lowest BCUT2D eigenvalue weighted by Gasteiger charge is -2.20. The maximum atomic E-state index is 13.0. The van der Waals surface area contributed by atoms with Gasteiger partial charge in [-0.3, -0.25) is 9.36 Å². The number of pyridine rings is 1. The third-order valence-electron chi connectivity index (χ3n) is 3.97. The second-order valence-electron chi connectivity index (χ2n) is 5.33. The first kappa shape index (κ1) is 14.3. The van der Waals surface area contributed by atoms with E-state index in [0.717, 1.165) is 17.0 Å². The number of rotatable bonds is 2. The van der Waals surface area contributed by atoms with Crippen LogP contribution in [-0.4, -0.2) is 27.4 Å². The van der Waals surface area contributed by atoms with E-state index >= 15 is 0 Å². The zero-order chi connectivity index (χ0) is 15.8. The summed E-state index contributed by atoms with van der Waals surface area (Å²) in [6.45, 7) is 0.615. The van der Waals surface area contributed by atoms with Gasteiger partial charge in [-0.2, -0.15) is 0 Å². The van der Waals surface area contributed by atoms with Gasteiger partial charge in [-0.05, 0) is 37.3 Å². The van der Waals surface area contributed by atoms with E-state index in [0.29, 0.717) is 35.5 Å². The van der Waals surface area contributed by atoms with Crippen LogP contribution in [0.15, 0.2) is 46.3 Å². The van der Waals surface area contributed by atoms with Gasteiger partial charge in [-0.15, -0.1) is 11.8 Å². The zero-order valence-corrected chi connectivity index (χ0v) is 13.5. The van der Waals surface area contributed by atoms with Crippen molar-refractivity contribution in [2.75, 3.05) is 12.9 Å². The molecule has 0 amide bonds. The third-order valence-corrected chi connectivity index (χ3v) is 4.70. The van der Waals surface area contributed by atoms with Crippen LogP contribution >= 0.6 is 11.8 Å². The van der Waals surface area contributed by atoms with Crippen molar-refractivity contribution in [2.24, 2.45) is 0 Å². The molecule has 1 aliphatic rings. The van der Waals surface area contributed by atoms with Crippen LogP contribution in [0.5, 0.6) is 5.75 Å². The normalized spacial score (nSPS) is 13.6. The van der Waals surface area contributed by atoms with Gasteiger partial charge in [0, 0.05) is 17.3 Å². The molecule has 0 saturated carbocycles. The van der Waals surface area contributed by atoms with Crippen molar-refractivity contribution >= 4 is 22.9 Å². The third kappa shape index (κ3) is 2.30. The van der Waals surface area contributed by atoms with Crippen LogP contribution < -0.4 is 10.3 Å². The van der Waals surface area contributed by atoms with Crippen molar-refractivity contribution in [1.82, 2.24) is 14.5 Å². The van der Waals surface area contributed by atoms with E-state index in [2.05, 4.69) is 9.97 Å². The van der Waals surface area contributed by atoms with E-state index in [1.165, 1.54) is 0 Å². The highest BCUT2D eigenvalue weighted by Crippen LogP contribution is 2.30. The summed E-state index contributed by atoms with van der Waals surface area (Å²) in [6.07, 6.45) is 6.81. The SMILES string of the molecule is CSc1cccc(-n2c(=O)c3c(c4nccnc42)OCCC3)c1. The minimum atomic E-state index is -0.0639. The minimum absolute atomic E-state index is 0.0639. The fourth-order valence-electron chi connectivity index (χ4n) is 2.91. The van der Waals surface area contributed by atoms with Crippen LogP contribution in [0, 0.1) is 0 Å². The summed E-state index contributed by atoms with van der Waals surface area (Å²) in [4.78, 5) is 22.9. The van der Waals surface area contributed by atoms with Crippen LogP contribution in [0.2, 0.25) is 0 Å². The second-order valence-corrected chi connectivity index (χ2v) is 6.21. The van der Waals surface area contributed by atoms with E-state index in [4.69, 9.17) is 4.74 Å². The summed E-state index contributed by atoms with van der Waals surface area (Å²) in [5, 5.41) is 0. The number of nitrogens with zero attached hydrogens (tertiary/aromatic N) is 3. The molecule has 2 aromatic heterocycles. The average Bonchev–Trinajstić information content (AvgIpc) is 2.62. The Labute approximate surface area is 137 Å². The molecule has 0 aliphatic carbocycles. The van der Waals surface area contributed by atoms with Gasteiger partial charge in [0.15, 0.2) is 11.4 Å². The molecule has 0 N–H and O–H groups in total. The van der Waals surface area contributed by atoms with E-state index < -0.39 is 0 Å². The Kier molecular flexibility index (Phi) is 3.53. The molecule has 0 unspecified atom stereocenters. The van der Waals surface area contributed by atoms with Gasteiger partial charge in [0.05, 0.1) is 17.9 Å². The summed E-state index contributed by atoms with van der Waals surface area (Å²) in [6, 6.07) is 7.89. The van der Waals surface area contributed by atoms with Crippen LogP contribution in [-0.2, 0) is 6.42 Å². The Morgan fingerprint density at radius 3 is 3.00 bits per heavy atom. The predicted octanol–water partition coefficient (Wildman–Crippen LogP) is 2.83. The molecule has 5 nitrogen and oxygen atoms in total. The van der Waals surface area contributed by atoms with Crippen molar-refractivity contribution in [2.45, 2.75) is 17.7 Å². The minimum Gasteiger partial charge on any atom is -0.491 e. The summed E-state index contributed by atoms with van der Waals surface area (Å²) in [5.41, 5.74) is 2.62. The molecular formula is C17H15N3O2S. The topological polar surface area (TPSA) is 57.0 Å². The monoisotopic (exact) mass is 325 g/mol. The number of benzene rings is 1. The fraction of sp³-hybridized carbons (Fsp3) is 0.235. The van der Waals surface area contributed by atoms with Gasteiger partial charge < -0.3 is 4.74 Å². The first-order valence-corrected chi connectivity index (χ1v) is 8.68. The molecule has 0 spiro atoms.